The Labute approximate surface area is 95.7 Å². The van der Waals surface area contributed by atoms with Gasteiger partial charge in [0.25, 0.3) is 0 Å². The first-order valence-corrected chi connectivity index (χ1v) is 5.18. The molecule has 0 spiro atoms. The smallest absolute Gasteiger partial charge is 0.148 e. The molecule has 0 aliphatic heterocycles. The average Bonchev–Trinajstić information content (AvgIpc) is 2.16. The van der Waals surface area contributed by atoms with Crippen molar-refractivity contribution in [3.8, 4) is 0 Å². The molecule has 0 aromatic carbocycles. The molecule has 1 aromatic rings. The third-order valence-corrected chi connectivity index (χ3v) is 2.84. The van der Waals surface area contributed by atoms with E-state index in [9.17, 15) is 0 Å². The van der Waals surface area contributed by atoms with Gasteiger partial charge in [-0.25, -0.2) is 9.97 Å². The summed E-state index contributed by atoms with van der Waals surface area (Å²) in [4.78, 5) is 10.0. The Balaban J connectivity index is 2.62. The van der Waals surface area contributed by atoms with Crippen molar-refractivity contribution >= 4 is 17.4 Å². The summed E-state index contributed by atoms with van der Waals surface area (Å²) in [6, 6.07) is 0. The molecule has 0 saturated carbocycles. The summed E-state index contributed by atoms with van der Waals surface area (Å²) >= 11 is 5.93. The Bertz CT molecular complexity index is 325. The van der Waals surface area contributed by atoms with Crippen LogP contribution in [0.1, 0.15) is 13.8 Å². The summed E-state index contributed by atoms with van der Waals surface area (Å²) in [6.07, 6.45) is 3.07. The Hall–Kier alpha value is -0.870. The number of aromatic nitrogens is 2. The molecule has 0 aliphatic rings. The van der Waals surface area contributed by atoms with Crippen LogP contribution in [0.4, 0.5) is 5.82 Å². The topological polar surface area (TPSA) is 41.0 Å². The zero-order chi connectivity index (χ0) is 11.5. The Morgan fingerprint density at radius 1 is 1.47 bits per heavy atom. The highest BCUT2D eigenvalue weighted by Crippen LogP contribution is 2.18. The van der Waals surface area contributed by atoms with Gasteiger partial charge in [-0.05, 0) is 27.9 Å². The molecule has 1 rings (SSSR count). The summed E-state index contributed by atoms with van der Waals surface area (Å²) < 4.78 is 0. The minimum Gasteiger partial charge on any atom is -0.367 e. The quantitative estimate of drug-likeness (QED) is 0.855. The van der Waals surface area contributed by atoms with Gasteiger partial charge in [-0.3, -0.25) is 0 Å². The van der Waals surface area contributed by atoms with Crippen LogP contribution in [0.25, 0.3) is 0 Å². The Morgan fingerprint density at radius 3 is 2.67 bits per heavy atom. The number of nitrogens with zero attached hydrogens (tertiary/aromatic N) is 3. The number of hydrogen-bond donors (Lipinski definition) is 1. The van der Waals surface area contributed by atoms with Crippen molar-refractivity contribution in [2.75, 3.05) is 26.0 Å². The van der Waals surface area contributed by atoms with Crippen LogP contribution in [0.2, 0.25) is 5.02 Å². The molecule has 84 valence electrons. The van der Waals surface area contributed by atoms with Crippen molar-refractivity contribution in [2.45, 2.75) is 19.4 Å². The predicted octanol–water partition coefficient (Wildman–Crippen LogP) is 1.88. The average molecular weight is 229 g/mol. The molecule has 0 fully saturated rings. The summed E-state index contributed by atoms with van der Waals surface area (Å²) in [5.41, 5.74) is 0.0499. The van der Waals surface area contributed by atoms with Crippen molar-refractivity contribution < 1.29 is 0 Å². The van der Waals surface area contributed by atoms with E-state index in [2.05, 4.69) is 34.0 Å². The van der Waals surface area contributed by atoms with Gasteiger partial charge in [-0.1, -0.05) is 11.6 Å². The number of nitrogens with one attached hydrogen (secondary N) is 1. The summed E-state index contributed by atoms with van der Waals surface area (Å²) in [6.45, 7) is 5.07. The molecule has 0 bridgehead atoms. The monoisotopic (exact) mass is 228 g/mol. The fraction of sp³-hybridized carbons (Fsp3) is 0.600. The maximum Gasteiger partial charge on any atom is 0.148 e. The molecule has 1 aromatic heterocycles. The van der Waals surface area contributed by atoms with E-state index in [4.69, 9.17) is 11.6 Å². The van der Waals surface area contributed by atoms with E-state index in [0.717, 1.165) is 6.54 Å². The molecule has 0 aliphatic carbocycles. The highest BCUT2D eigenvalue weighted by molar-refractivity contribution is 6.32. The minimum absolute atomic E-state index is 0.0499. The molecule has 1 heterocycles. The number of likely N-dealkylation sites (N-methyl/N-ethyl adjacent to an activating group) is 1. The molecule has 4 nitrogen and oxygen atoms in total. The molecule has 0 radical (unpaired) electrons. The molecule has 1 N–H and O–H groups in total. The molecule has 0 unspecified atom stereocenters. The van der Waals surface area contributed by atoms with Gasteiger partial charge in [0, 0.05) is 12.1 Å². The number of rotatable bonds is 4. The molecule has 0 amide bonds. The lowest BCUT2D eigenvalue weighted by atomic mass is 10.0. The van der Waals surface area contributed by atoms with Gasteiger partial charge in [-0.15, -0.1) is 0 Å². The van der Waals surface area contributed by atoms with Crippen molar-refractivity contribution in [2.24, 2.45) is 0 Å². The van der Waals surface area contributed by atoms with Crippen molar-refractivity contribution in [1.82, 2.24) is 14.9 Å². The highest BCUT2D eigenvalue weighted by Gasteiger charge is 2.20. The van der Waals surface area contributed by atoms with Gasteiger partial charge in [0.15, 0.2) is 0 Å². The van der Waals surface area contributed by atoms with Crippen LogP contribution in [0.3, 0.4) is 0 Å². The molecule has 5 heteroatoms. The van der Waals surface area contributed by atoms with Gasteiger partial charge in [0.05, 0.1) is 6.20 Å². The van der Waals surface area contributed by atoms with Crippen molar-refractivity contribution in [3.05, 3.63) is 17.5 Å². The molecular formula is C10H17ClN4. The van der Waals surface area contributed by atoms with Gasteiger partial charge in [-0.2, -0.15) is 0 Å². The molecule has 15 heavy (non-hydrogen) atoms. The third kappa shape index (κ3) is 3.32. The van der Waals surface area contributed by atoms with Gasteiger partial charge in [0.1, 0.15) is 17.2 Å². The van der Waals surface area contributed by atoms with Crippen LogP contribution in [-0.4, -0.2) is 41.0 Å². The number of hydrogen-bond acceptors (Lipinski definition) is 4. The third-order valence-electron chi connectivity index (χ3n) is 2.57. The zero-order valence-electron chi connectivity index (χ0n) is 9.58. The lowest BCUT2D eigenvalue weighted by molar-refractivity contribution is 0.210. The zero-order valence-corrected chi connectivity index (χ0v) is 10.3. The predicted molar refractivity (Wildman–Crippen MR) is 63.3 cm³/mol. The largest absolute Gasteiger partial charge is 0.367 e. The maximum absolute atomic E-state index is 5.93. The number of halogens is 1. The molecule has 0 saturated heterocycles. The van der Waals surface area contributed by atoms with Crippen LogP contribution in [-0.2, 0) is 0 Å². The second kappa shape index (κ2) is 4.77. The fourth-order valence-electron chi connectivity index (χ4n) is 0.901. The maximum atomic E-state index is 5.93. The summed E-state index contributed by atoms with van der Waals surface area (Å²) in [5.74, 6) is 0.682. The SMILES string of the molecule is CN(C)C(C)(C)CNc1ncncc1Cl. The standard InChI is InChI=1S/C10H17ClN4/c1-10(2,15(3)4)6-13-9-8(11)5-12-7-14-9/h5,7H,6H2,1-4H3,(H,12,13,14). The van der Waals surface area contributed by atoms with Crippen molar-refractivity contribution in [3.63, 3.8) is 0 Å². The van der Waals surface area contributed by atoms with Gasteiger partial charge in [0.2, 0.25) is 0 Å². The Kier molecular flexibility index (Phi) is 3.88. The van der Waals surface area contributed by atoms with Gasteiger partial charge >= 0.3 is 0 Å². The van der Waals surface area contributed by atoms with Gasteiger partial charge < -0.3 is 10.2 Å². The van der Waals surface area contributed by atoms with Crippen molar-refractivity contribution in [1.29, 1.82) is 0 Å². The van der Waals surface area contributed by atoms with E-state index < -0.39 is 0 Å². The lowest BCUT2D eigenvalue weighted by Crippen LogP contribution is -2.44. The fourth-order valence-corrected chi connectivity index (χ4v) is 1.07. The number of anilines is 1. The molecule has 0 atom stereocenters. The highest BCUT2D eigenvalue weighted by atomic mass is 35.5. The van der Waals surface area contributed by atoms with E-state index in [1.54, 1.807) is 6.20 Å². The van der Waals surface area contributed by atoms with Crippen LogP contribution < -0.4 is 5.32 Å². The summed E-state index contributed by atoms with van der Waals surface area (Å²) in [5, 5.41) is 3.76. The minimum atomic E-state index is 0.0499. The van der Waals surface area contributed by atoms with Crippen LogP contribution in [0, 0.1) is 0 Å². The van der Waals surface area contributed by atoms with Crippen LogP contribution in [0.5, 0.6) is 0 Å². The summed E-state index contributed by atoms with van der Waals surface area (Å²) in [7, 11) is 4.09. The van der Waals surface area contributed by atoms with E-state index >= 15 is 0 Å². The lowest BCUT2D eigenvalue weighted by Gasteiger charge is -2.32. The van der Waals surface area contributed by atoms with Crippen LogP contribution in [0.15, 0.2) is 12.5 Å². The van der Waals surface area contributed by atoms with E-state index in [-0.39, 0.29) is 5.54 Å². The first-order chi connectivity index (χ1) is 6.93. The first-order valence-electron chi connectivity index (χ1n) is 4.80. The second-order valence-electron chi connectivity index (χ2n) is 4.28. The van der Waals surface area contributed by atoms with E-state index in [1.165, 1.54) is 6.33 Å². The Morgan fingerprint density at radius 2 is 2.13 bits per heavy atom. The van der Waals surface area contributed by atoms with Crippen LogP contribution >= 0.6 is 11.6 Å². The normalized spacial score (nSPS) is 11.9. The van der Waals surface area contributed by atoms with E-state index in [0.29, 0.717) is 10.8 Å². The second-order valence-corrected chi connectivity index (χ2v) is 4.69. The van der Waals surface area contributed by atoms with E-state index in [1.807, 2.05) is 14.1 Å². The molecular weight excluding hydrogens is 212 g/mol. The first kappa shape index (κ1) is 12.2.